The Morgan fingerprint density at radius 3 is 2.31 bits per heavy atom. The molecule has 0 radical (unpaired) electrons. The molecule has 1 aliphatic carbocycles. The van der Waals surface area contributed by atoms with E-state index in [1.807, 2.05) is 67.6 Å². The molecule has 2 aliphatic heterocycles. The molecular weight excluding hydrogens is 602 g/mol. The van der Waals surface area contributed by atoms with E-state index >= 15 is 0 Å². The smallest absolute Gasteiger partial charge is 0.228 e. The van der Waals surface area contributed by atoms with Crippen molar-refractivity contribution < 1.29 is 14.4 Å². The van der Waals surface area contributed by atoms with Crippen molar-refractivity contribution in [1.82, 2.24) is 10.3 Å². The number of rotatable bonds is 13. The van der Waals surface area contributed by atoms with Crippen LogP contribution < -0.4 is 16.4 Å². The molecule has 250 valence electrons. The summed E-state index contributed by atoms with van der Waals surface area (Å²) in [6.45, 7) is 4.78. The van der Waals surface area contributed by atoms with Gasteiger partial charge in [-0.05, 0) is 118 Å². The maximum absolute atomic E-state index is 13.7. The number of aromatic nitrogens is 1. The van der Waals surface area contributed by atoms with Crippen molar-refractivity contribution in [2.24, 2.45) is 44.6 Å². The fraction of sp³-hybridized carbons (Fsp3) is 0.447. The number of azo groups is 1. The van der Waals surface area contributed by atoms with Crippen LogP contribution in [0.1, 0.15) is 72.3 Å². The van der Waals surface area contributed by atoms with Crippen LogP contribution in [0.5, 0.6) is 0 Å². The summed E-state index contributed by atoms with van der Waals surface area (Å²) in [7, 11) is 0. The van der Waals surface area contributed by atoms with E-state index < -0.39 is 5.92 Å². The molecule has 3 aromatic rings. The molecule has 6 rings (SSSR count). The van der Waals surface area contributed by atoms with Gasteiger partial charge in [0.25, 0.3) is 0 Å². The van der Waals surface area contributed by atoms with Gasteiger partial charge in [0.05, 0.1) is 0 Å². The number of amidine groups is 1. The van der Waals surface area contributed by atoms with Crippen LogP contribution in [0.2, 0.25) is 0 Å². The minimum absolute atomic E-state index is 0.0220. The molecule has 2 fully saturated rings. The highest BCUT2D eigenvalue weighted by molar-refractivity contribution is 6.01. The average Bonchev–Trinajstić information content (AvgIpc) is 3.84. The van der Waals surface area contributed by atoms with Crippen LogP contribution in [0, 0.1) is 30.6 Å². The topological polar surface area (TPSA) is 151 Å². The highest BCUT2D eigenvalue weighted by atomic mass is 16.2. The van der Waals surface area contributed by atoms with E-state index in [9.17, 15) is 14.4 Å². The summed E-state index contributed by atoms with van der Waals surface area (Å²) in [5.74, 6) is 0.965. The molecule has 1 saturated heterocycles. The zero-order valence-corrected chi connectivity index (χ0v) is 27.7. The van der Waals surface area contributed by atoms with Crippen LogP contribution in [0.15, 0.2) is 75.9 Å². The fourth-order valence-electron chi connectivity index (χ4n) is 7.09. The van der Waals surface area contributed by atoms with Crippen molar-refractivity contribution in [2.75, 3.05) is 31.6 Å². The first-order valence-electron chi connectivity index (χ1n) is 17.2. The molecule has 10 nitrogen and oxygen atoms in total. The quantitative estimate of drug-likeness (QED) is 0.196. The van der Waals surface area contributed by atoms with E-state index in [4.69, 9.17) is 5.73 Å². The number of pyridine rings is 1. The molecule has 3 heterocycles. The maximum atomic E-state index is 13.7. The number of nitrogens with zero attached hydrogens (tertiary/aromatic N) is 4. The number of amides is 1. The normalized spacial score (nSPS) is 21.1. The number of anilines is 1. The van der Waals surface area contributed by atoms with Gasteiger partial charge in [-0.25, -0.2) is 9.98 Å². The third kappa shape index (κ3) is 8.35. The molecule has 4 N–H and O–H groups in total. The van der Waals surface area contributed by atoms with Crippen LogP contribution in [0.25, 0.3) is 11.1 Å². The van der Waals surface area contributed by atoms with Crippen LogP contribution in [0.4, 0.5) is 5.69 Å². The number of Topliss-reactive ketones (excluding diaryl/α,β-unsaturated/α-hetero) is 2. The lowest BCUT2D eigenvalue weighted by Crippen LogP contribution is -2.31. The molecule has 10 heteroatoms. The molecule has 48 heavy (non-hydrogen) atoms. The number of hydrogen-bond acceptors (Lipinski definition) is 9. The fourth-order valence-corrected chi connectivity index (χ4v) is 7.09. The van der Waals surface area contributed by atoms with Crippen molar-refractivity contribution in [2.45, 2.75) is 58.3 Å². The van der Waals surface area contributed by atoms with Gasteiger partial charge < -0.3 is 16.4 Å². The minimum atomic E-state index is -0.521. The lowest BCUT2D eigenvalue weighted by atomic mass is 9.77. The Balaban J connectivity index is 1.14. The first kappa shape index (κ1) is 33.5. The van der Waals surface area contributed by atoms with Gasteiger partial charge in [-0.3, -0.25) is 14.4 Å². The van der Waals surface area contributed by atoms with Crippen molar-refractivity contribution in [3.8, 4) is 11.1 Å². The predicted octanol–water partition coefficient (Wildman–Crippen LogP) is 5.93. The lowest BCUT2D eigenvalue weighted by Gasteiger charge is -2.27. The molecule has 2 atom stereocenters. The van der Waals surface area contributed by atoms with E-state index in [2.05, 4.69) is 30.8 Å². The molecule has 1 amide bonds. The van der Waals surface area contributed by atoms with Gasteiger partial charge in [0.1, 0.15) is 11.5 Å². The minimum Gasteiger partial charge on any atom is -0.330 e. The summed E-state index contributed by atoms with van der Waals surface area (Å²) in [6, 6.07) is 19.3. The monoisotopic (exact) mass is 647 g/mol. The highest BCUT2D eigenvalue weighted by Crippen LogP contribution is 2.31. The highest BCUT2D eigenvalue weighted by Gasteiger charge is 2.30. The Kier molecular flexibility index (Phi) is 10.9. The first-order chi connectivity index (χ1) is 23.4. The number of aryl methyl sites for hydroxylation is 1. The second kappa shape index (κ2) is 15.7. The second-order valence-corrected chi connectivity index (χ2v) is 13.5. The summed E-state index contributed by atoms with van der Waals surface area (Å²) in [4.78, 5) is 49.0. The molecular formula is C38H45N7O3. The van der Waals surface area contributed by atoms with Crippen LogP contribution in [-0.2, 0) is 16.0 Å². The SMILES string of the molecule is Cc1nc(C(=O)C[C@H]2CCNC2)ccc1-c1ccc(C[C@H](CC(=O)C2CCC(CN)CC2)C(=O)Nc2ccc(C3=NCN=N3)cc2)cc1. The molecule has 0 spiro atoms. The summed E-state index contributed by atoms with van der Waals surface area (Å²) < 4.78 is 0. The number of ketones is 2. The Hall–Kier alpha value is -4.41. The molecule has 2 aromatic carbocycles. The number of hydrogen-bond donors (Lipinski definition) is 3. The van der Waals surface area contributed by atoms with Gasteiger partial charge >= 0.3 is 0 Å². The van der Waals surface area contributed by atoms with Gasteiger partial charge in [-0.15, -0.1) is 5.11 Å². The zero-order valence-electron chi connectivity index (χ0n) is 27.7. The number of nitrogens with one attached hydrogen (secondary N) is 2. The summed E-state index contributed by atoms with van der Waals surface area (Å²) in [5.41, 5.74) is 11.6. The number of benzene rings is 2. The number of carbonyl (C=O) groups excluding carboxylic acids is 3. The lowest BCUT2D eigenvalue weighted by molar-refractivity contribution is -0.129. The molecule has 1 aromatic heterocycles. The summed E-state index contributed by atoms with van der Waals surface area (Å²) in [6.07, 6.45) is 5.77. The van der Waals surface area contributed by atoms with Crippen molar-refractivity contribution in [3.63, 3.8) is 0 Å². The van der Waals surface area contributed by atoms with E-state index in [1.54, 1.807) is 0 Å². The third-order valence-corrected chi connectivity index (χ3v) is 10.1. The van der Waals surface area contributed by atoms with Crippen LogP contribution >= 0.6 is 0 Å². The number of nitrogens with two attached hydrogens (primary N) is 1. The maximum Gasteiger partial charge on any atom is 0.228 e. The Labute approximate surface area is 282 Å². The Morgan fingerprint density at radius 1 is 0.917 bits per heavy atom. The van der Waals surface area contributed by atoms with E-state index in [1.165, 1.54) is 0 Å². The van der Waals surface area contributed by atoms with Gasteiger partial charge in [-0.1, -0.05) is 30.3 Å². The standard InChI is InChI=1S/C38H45N7O3/c1-24-33(14-15-34(43-24)36(47)19-27-16-17-40-22-27)28-6-2-25(3-7-28)18-31(20-35(46)29-8-4-26(21-39)5-9-29)38(48)44-32-12-10-30(11-13-32)37-41-23-42-45-37/h2-3,6-7,10-15,26-27,29,31,40H,4-5,8-9,16-23,39H2,1H3,(H,44,48)/t26?,27-,29?,31-/m1/s1. The van der Waals surface area contributed by atoms with Gasteiger partial charge in [-0.2, -0.15) is 5.11 Å². The molecule has 0 bridgehead atoms. The largest absolute Gasteiger partial charge is 0.330 e. The molecule has 0 unspecified atom stereocenters. The van der Waals surface area contributed by atoms with E-state index in [0.717, 1.165) is 73.1 Å². The van der Waals surface area contributed by atoms with Crippen LogP contribution in [-0.4, -0.2) is 54.6 Å². The number of aliphatic imine (C=N–C) groups is 1. The Bertz CT molecular complexity index is 1670. The van der Waals surface area contributed by atoms with Gasteiger partial charge in [0.2, 0.25) is 5.91 Å². The molecule has 1 saturated carbocycles. The Morgan fingerprint density at radius 2 is 1.67 bits per heavy atom. The zero-order chi connectivity index (χ0) is 33.5. The molecule has 3 aliphatic rings. The van der Waals surface area contributed by atoms with Gasteiger partial charge in [0, 0.05) is 47.2 Å². The number of carbonyl (C=O) groups is 3. The van der Waals surface area contributed by atoms with Crippen molar-refractivity contribution in [3.05, 3.63) is 83.2 Å². The third-order valence-electron chi connectivity index (χ3n) is 10.1. The van der Waals surface area contributed by atoms with Gasteiger partial charge in [0.15, 0.2) is 18.3 Å². The summed E-state index contributed by atoms with van der Waals surface area (Å²) in [5, 5.41) is 14.3. The van der Waals surface area contributed by atoms with Crippen LogP contribution in [0.3, 0.4) is 0 Å². The van der Waals surface area contributed by atoms with E-state index in [-0.39, 0.29) is 29.8 Å². The van der Waals surface area contributed by atoms with Crippen molar-refractivity contribution in [1.29, 1.82) is 0 Å². The van der Waals surface area contributed by atoms with Crippen molar-refractivity contribution >= 4 is 29.0 Å². The van der Waals surface area contributed by atoms with E-state index in [0.29, 0.717) is 55.1 Å². The summed E-state index contributed by atoms with van der Waals surface area (Å²) >= 11 is 0. The average molecular weight is 648 g/mol. The second-order valence-electron chi connectivity index (χ2n) is 13.5. The predicted molar refractivity (Wildman–Crippen MR) is 187 cm³/mol. The first-order valence-corrected chi connectivity index (χ1v) is 17.2.